The summed E-state index contributed by atoms with van der Waals surface area (Å²) < 4.78 is 0. The predicted molar refractivity (Wildman–Crippen MR) is 93.6 cm³/mol. The van der Waals surface area contributed by atoms with E-state index in [1.165, 1.54) is 12.3 Å². The molecule has 8 nitrogen and oxygen atoms in total. The van der Waals surface area contributed by atoms with Crippen LogP contribution in [0.2, 0.25) is 5.02 Å². The van der Waals surface area contributed by atoms with E-state index in [1.54, 1.807) is 29.2 Å². The highest BCUT2D eigenvalue weighted by atomic mass is 35.5. The van der Waals surface area contributed by atoms with Crippen molar-refractivity contribution in [2.75, 3.05) is 36.8 Å². The number of anilines is 2. The molecule has 0 atom stereocenters. The molecule has 130 valence electrons. The molecule has 0 saturated carbocycles. The number of piperazine rings is 1. The molecule has 0 unspecified atom stereocenters. The molecule has 1 aliphatic rings. The molecule has 1 aromatic carbocycles. The number of nitrogens with zero attached hydrogens (tertiary/aromatic N) is 3. The Morgan fingerprint density at radius 2 is 1.92 bits per heavy atom. The minimum absolute atomic E-state index is 0.00833. The van der Waals surface area contributed by atoms with Crippen molar-refractivity contribution < 1.29 is 14.7 Å². The van der Waals surface area contributed by atoms with Gasteiger partial charge in [-0.3, -0.25) is 19.8 Å². The Morgan fingerprint density at radius 3 is 2.52 bits per heavy atom. The number of amides is 1. The number of hydrogen-bond donors (Lipinski definition) is 1. The molecule has 2 aromatic rings. The third-order valence-corrected chi connectivity index (χ3v) is 4.38. The zero-order valence-corrected chi connectivity index (χ0v) is 14.1. The van der Waals surface area contributed by atoms with Crippen LogP contribution in [0, 0.1) is 10.1 Å². The van der Waals surface area contributed by atoms with Crippen molar-refractivity contribution >= 4 is 34.7 Å². The van der Waals surface area contributed by atoms with Gasteiger partial charge in [-0.1, -0.05) is 11.6 Å². The number of nitrogens with one attached hydrogen (secondary N) is 1. The molecule has 1 amide bonds. The van der Waals surface area contributed by atoms with E-state index in [2.05, 4.69) is 4.98 Å². The highest BCUT2D eigenvalue weighted by molar-refractivity contribution is 6.31. The summed E-state index contributed by atoms with van der Waals surface area (Å²) in [6.45, 7) is 2.27. The number of pyridine rings is 1. The number of halogens is 1. The highest BCUT2D eigenvalue weighted by Crippen LogP contribution is 2.21. The summed E-state index contributed by atoms with van der Waals surface area (Å²) in [5, 5.41) is 11.2. The largest absolute Gasteiger partial charge is 0.398 e. The summed E-state index contributed by atoms with van der Waals surface area (Å²) in [6.07, 6.45) is 1.36. The maximum atomic E-state index is 12.6. The van der Waals surface area contributed by atoms with Crippen LogP contribution in [0.5, 0.6) is 0 Å². The van der Waals surface area contributed by atoms with Gasteiger partial charge in [-0.05, 0) is 18.2 Å². The van der Waals surface area contributed by atoms with Gasteiger partial charge in [0.15, 0.2) is 6.20 Å². The van der Waals surface area contributed by atoms with E-state index in [1.807, 2.05) is 4.90 Å². The van der Waals surface area contributed by atoms with Crippen LogP contribution < -0.4 is 15.6 Å². The number of H-pyrrole nitrogens is 1. The molecule has 1 aliphatic heterocycles. The van der Waals surface area contributed by atoms with Gasteiger partial charge in [-0.15, -0.1) is 0 Å². The lowest BCUT2D eigenvalue weighted by molar-refractivity contribution is -0.414. The van der Waals surface area contributed by atoms with E-state index >= 15 is 0 Å². The lowest BCUT2D eigenvalue weighted by atomic mass is 10.1. The Bertz CT molecular complexity index is 804. The zero-order chi connectivity index (χ0) is 18.0. The molecule has 1 aromatic heterocycles. The van der Waals surface area contributed by atoms with E-state index in [9.17, 15) is 14.9 Å². The van der Waals surface area contributed by atoms with E-state index in [-0.39, 0.29) is 11.6 Å². The monoisotopic (exact) mass is 362 g/mol. The van der Waals surface area contributed by atoms with Gasteiger partial charge in [0.05, 0.1) is 23.6 Å². The normalized spacial score (nSPS) is 14.4. The number of aromatic amines is 1. The van der Waals surface area contributed by atoms with Gasteiger partial charge < -0.3 is 10.6 Å². The van der Waals surface area contributed by atoms with Crippen LogP contribution in [0.25, 0.3) is 0 Å². The van der Waals surface area contributed by atoms with E-state index in [0.717, 1.165) is 5.82 Å². The average molecular weight is 363 g/mol. The third kappa shape index (κ3) is 3.63. The van der Waals surface area contributed by atoms with Crippen LogP contribution in [-0.4, -0.2) is 41.9 Å². The average Bonchev–Trinajstić information content (AvgIpc) is 2.63. The fourth-order valence-electron chi connectivity index (χ4n) is 2.75. The fourth-order valence-corrected chi connectivity index (χ4v) is 2.93. The first kappa shape index (κ1) is 17.0. The van der Waals surface area contributed by atoms with Gasteiger partial charge in [-0.25, -0.2) is 4.98 Å². The molecule has 0 radical (unpaired) electrons. The van der Waals surface area contributed by atoms with Crippen molar-refractivity contribution in [2.45, 2.75) is 0 Å². The van der Waals surface area contributed by atoms with Crippen molar-refractivity contribution in [3.8, 4) is 0 Å². The standard InChI is InChI=1S/C16H16ClN5O3/c17-11-1-3-14(18)13(9-11)16(23)21-7-5-20(6-8-21)15-4-2-12(10-19-15)22(24)25/h1-4,9-10H,5-8,18H2/p+1. The van der Waals surface area contributed by atoms with Gasteiger partial charge in [0, 0.05) is 22.8 Å². The number of nitrogens with two attached hydrogens (primary N) is 1. The van der Waals surface area contributed by atoms with Crippen LogP contribution >= 0.6 is 11.6 Å². The molecule has 3 N–H and O–H groups in total. The number of hydrogen-bond acceptors (Lipinski definition) is 5. The van der Waals surface area contributed by atoms with Crippen LogP contribution in [0.3, 0.4) is 0 Å². The van der Waals surface area contributed by atoms with Gasteiger partial charge in [0.1, 0.15) is 13.1 Å². The Morgan fingerprint density at radius 1 is 1.20 bits per heavy atom. The van der Waals surface area contributed by atoms with Crippen molar-refractivity contribution in [3.63, 3.8) is 0 Å². The molecule has 25 heavy (non-hydrogen) atoms. The first-order valence-corrected chi connectivity index (χ1v) is 8.09. The summed E-state index contributed by atoms with van der Waals surface area (Å²) in [4.78, 5) is 29.6. The predicted octanol–water partition coefficient (Wildman–Crippen LogP) is 1.61. The first-order chi connectivity index (χ1) is 12.0. The Balaban J connectivity index is 1.66. The minimum atomic E-state index is -0.452. The first-order valence-electron chi connectivity index (χ1n) is 7.71. The van der Waals surface area contributed by atoms with E-state index in [4.69, 9.17) is 17.3 Å². The molecule has 1 fully saturated rings. The number of benzene rings is 1. The summed E-state index contributed by atoms with van der Waals surface area (Å²) in [5.74, 6) is 0.632. The minimum Gasteiger partial charge on any atom is -0.398 e. The van der Waals surface area contributed by atoms with Crippen molar-refractivity contribution in [1.82, 2.24) is 4.90 Å². The Kier molecular flexibility index (Phi) is 4.71. The number of carbonyl (C=O) groups is 1. The highest BCUT2D eigenvalue weighted by Gasteiger charge is 2.28. The summed E-state index contributed by atoms with van der Waals surface area (Å²) in [6, 6.07) is 7.98. The molecule has 1 saturated heterocycles. The van der Waals surface area contributed by atoms with E-state index < -0.39 is 4.92 Å². The Labute approximate surface area is 149 Å². The Hall–Kier alpha value is -2.87. The summed E-state index contributed by atoms with van der Waals surface area (Å²) in [5.41, 5.74) is 6.69. The van der Waals surface area contributed by atoms with Crippen LogP contribution in [0.4, 0.5) is 17.2 Å². The van der Waals surface area contributed by atoms with Crippen LogP contribution in [0.15, 0.2) is 36.5 Å². The number of rotatable bonds is 3. The van der Waals surface area contributed by atoms with Gasteiger partial charge >= 0.3 is 5.69 Å². The molecule has 9 heteroatoms. The number of nitrogen functional groups attached to an aromatic ring is 1. The lowest BCUT2D eigenvalue weighted by Crippen LogP contribution is -2.50. The van der Waals surface area contributed by atoms with Crippen molar-refractivity contribution in [2.24, 2.45) is 0 Å². The molecular weight excluding hydrogens is 346 g/mol. The van der Waals surface area contributed by atoms with Gasteiger partial charge in [0.25, 0.3) is 11.7 Å². The molecule has 3 rings (SSSR count). The molecule has 2 heterocycles. The third-order valence-electron chi connectivity index (χ3n) is 4.14. The van der Waals surface area contributed by atoms with Crippen LogP contribution in [0.1, 0.15) is 10.4 Å². The fraction of sp³-hybridized carbons (Fsp3) is 0.250. The smallest absolute Gasteiger partial charge is 0.308 e. The van der Waals surface area contributed by atoms with Gasteiger partial charge in [0.2, 0.25) is 0 Å². The number of aromatic nitrogens is 1. The number of carbonyl (C=O) groups excluding carboxylic acids is 1. The second kappa shape index (κ2) is 6.94. The second-order valence-corrected chi connectivity index (χ2v) is 6.14. The topological polar surface area (TPSA) is 107 Å². The molecule has 0 spiro atoms. The maximum absolute atomic E-state index is 12.6. The number of nitro groups is 1. The molecule has 0 bridgehead atoms. The molecule has 0 aliphatic carbocycles. The zero-order valence-electron chi connectivity index (χ0n) is 13.3. The van der Waals surface area contributed by atoms with E-state index in [0.29, 0.717) is 42.5 Å². The van der Waals surface area contributed by atoms with Crippen LogP contribution in [-0.2, 0) is 0 Å². The summed E-state index contributed by atoms with van der Waals surface area (Å²) >= 11 is 5.95. The van der Waals surface area contributed by atoms with Crippen molar-refractivity contribution in [3.05, 3.63) is 57.2 Å². The maximum Gasteiger partial charge on any atom is 0.308 e. The lowest BCUT2D eigenvalue weighted by Gasteiger charge is -2.31. The summed E-state index contributed by atoms with van der Waals surface area (Å²) in [7, 11) is 0. The SMILES string of the molecule is Nc1ccc(Cl)cc1C(=O)N1CCN(c2ccc([N+](=O)[O-])c[nH+]2)CC1. The van der Waals surface area contributed by atoms with Gasteiger partial charge in [-0.2, -0.15) is 0 Å². The second-order valence-electron chi connectivity index (χ2n) is 5.70. The van der Waals surface area contributed by atoms with Crippen molar-refractivity contribution in [1.29, 1.82) is 0 Å². The molecular formula is C16H17ClN5O3+. The quantitative estimate of drug-likeness (QED) is 0.507.